The number of fused-ring (bicyclic) bond motifs is 1. The minimum absolute atomic E-state index is 0.754. The summed E-state index contributed by atoms with van der Waals surface area (Å²) in [7, 11) is 0. The molecule has 1 aliphatic carbocycles. The van der Waals surface area contributed by atoms with Gasteiger partial charge in [-0.15, -0.1) is 11.3 Å². The van der Waals surface area contributed by atoms with E-state index in [0.29, 0.717) is 0 Å². The Morgan fingerprint density at radius 3 is 2.88 bits per heavy atom. The van der Waals surface area contributed by atoms with Gasteiger partial charge in [0, 0.05) is 10.9 Å². The van der Waals surface area contributed by atoms with Crippen molar-refractivity contribution in [3.63, 3.8) is 0 Å². The van der Waals surface area contributed by atoms with E-state index in [1.54, 1.807) is 11.3 Å². The van der Waals surface area contributed by atoms with Gasteiger partial charge in [0.2, 0.25) is 0 Å². The van der Waals surface area contributed by atoms with Gasteiger partial charge in [0.1, 0.15) is 0 Å². The number of hydrogen-bond acceptors (Lipinski definition) is 4. The second kappa shape index (κ2) is 4.34. The molecule has 0 aromatic carbocycles. The predicted octanol–water partition coefficient (Wildman–Crippen LogP) is 2.07. The molecule has 1 fully saturated rings. The molecule has 0 saturated carbocycles. The van der Waals surface area contributed by atoms with E-state index < -0.39 is 0 Å². The lowest BCUT2D eigenvalue weighted by Crippen LogP contribution is -2.42. The van der Waals surface area contributed by atoms with E-state index in [9.17, 15) is 0 Å². The fraction of sp³-hybridized carbons (Fsp3) is 0.750. The summed E-state index contributed by atoms with van der Waals surface area (Å²) in [5.41, 5.74) is 7.05. The molecule has 0 radical (unpaired) electrons. The third-order valence-corrected chi connectivity index (χ3v) is 4.79. The maximum absolute atomic E-state index is 5.78. The van der Waals surface area contributed by atoms with Gasteiger partial charge in [0.15, 0.2) is 5.13 Å². The third kappa shape index (κ3) is 1.96. The Bertz CT molecular complexity index is 368. The summed E-state index contributed by atoms with van der Waals surface area (Å²) in [6.07, 6.45) is 7.77. The average Bonchev–Trinajstić information content (AvgIpc) is 2.69. The highest BCUT2D eigenvalue weighted by atomic mass is 32.1. The number of nitrogens with two attached hydrogens (primary N) is 1. The number of aromatic nitrogens is 1. The molecular weight excluding hydrogens is 218 g/mol. The number of nitrogen functional groups attached to an aromatic ring is 1. The second-order valence-electron chi connectivity index (χ2n) is 4.92. The molecule has 16 heavy (non-hydrogen) atoms. The number of likely N-dealkylation sites (tertiary alicyclic amines) is 1. The Morgan fingerprint density at radius 1 is 1.25 bits per heavy atom. The first-order valence-corrected chi connectivity index (χ1v) is 7.12. The van der Waals surface area contributed by atoms with Gasteiger partial charge in [-0.05, 0) is 45.2 Å². The number of hydrogen-bond donors (Lipinski definition) is 1. The van der Waals surface area contributed by atoms with Crippen LogP contribution in [0.3, 0.4) is 0 Å². The molecule has 2 heterocycles. The van der Waals surface area contributed by atoms with Crippen LogP contribution in [0.2, 0.25) is 0 Å². The molecule has 88 valence electrons. The van der Waals surface area contributed by atoms with Crippen LogP contribution in [0, 0.1) is 0 Å². The zero-order valence-corrected chi connectivity index (χ0v) is 10.4. The Morgan fingerprint density at radius 2 is 2.06 bits per heavy atom. The highest BCUT2D eigenvalue weighted by Crippen LogP contribution is 2.31. The van der Waals surface area contributed by atoms with Crippen LogP contribution in [0.1, 0.15) is 36.3 Å². The van der Waals surface area contributed by atoms with Crippen molar-refractivity contribution >= 4 is 16.5 Å². The maximum atomic E-state index is 5.78. The Labute approximate surface area is 101 Å². The zero-order valence-electron chi connectivity index (χ0n) is 9.61. The highest BCUT2D eigenvalue weighted by molar-refractivity contribution is 7.15. The number of nitrogens with zero attached hydrogens (tertiary/aromatic N) is 2. The lowest BCUT2D eigenvalue weighted by atomic mass is 9.94. The lowest BCUT2D eigenvalue weighted by molar-refractivity contribution is 0.150. The molecule has 0 spiro atoms. The Hall–Kier alpha value is -0.610. The molecule has 0 amide bonds. The standard InChI is InChI=1S/C12H19N3S/c13-12-14-10-5-4-9(8-11(10)16-12)15-6-2-1-3-7-15/h9H,1-8H2,(H2,13,14)/t9-/m0/s1. The number of aryl methyl sites for hydroxylation is 1. The van der Waals surface area contributed by atoms with E-state index in [0.717, 1.165) is 17.6 Å². The van der Waals surface area contributed by atoms with E-state index in [1.807, 2.05) is 0 Å². The number of anilines is 1. The minimum Gasteiger partial charge on any atom is -0.375 e. The predicted molar refractivity (Wildman–Crippen MR) is 67.8 cm³/mol. The first-order chi connectivity index (χ1) is 7.83. The molecule has 3 nitrogen and oxygen atoms in total. The van der Waals surface area contributed by atoms with E-state index in [1.165, 1.54) is 55.8 Å². The number of piperidine rings is 1. The summed E-state index contributed by atoms with van der Waals surface area (Å²) in [6.45, 7) is 2.60. The van der Waals surface area contributed by atoms with Crippen molar-refractivity contribution in [1.82, 2.24) is 9.88 Å². The summed E-state index contributed by atoms with van der Waals surface area (Å²) in [5, 5.41) is 0.754. The van der Waals surface area contributed by atoms with Crippen molar-refractivity contribution in [2.45, 2.75) is 44.6 Å². The molecule has 4 heteroatoms. The summed E-state index contributed by atoms with van der Waals surface area (Å²) in [4.78, 5) is 8.54. The van der Waals surface area contributed by atoms with E-state index in [2.05, 4.69) is 9.88 Å². The Balaban J connectivity index is 1.71. The molecule has 1 aliphatic heterocycles. The van der Waals surface area contributed by atoms with Crippen molar-refractivity contribution in [2.75, 3.05) is 18.8 Å². The van der Waals surface area contributed by atoms with Crippen LogP contribution in [0.25, 0.3) is 0 Å². The zero-order chi connectivity index (χ0) is 11.0. The van der Waals surface area contributed by atoms with Crippen LogP contribution in [0.4, 0.5) is 5.13 Å². The molecule has 2 N–H and O–H groups in total. The van der Waals surface area contributed by atoms with Crippen molar-refractivity contribution < 1.29 is 0 Å². The molecule has 2 aliphatic rings. The number of rotatable bonds is 1. The normalized spacial score (nSPS) is 26.6. The van der Waals surface area contributed by atoms with Gasteiger partial charge < -0.3 is 10.6 Å². The molecule has 0 unspecified atom stereocenters. The first kappa shape index (κ1) is 10.5. The van der Waals surface area contributed by atoms with Crippen LogP contribution >= 0.6 is 11.3 Å². The van der Waals surface area contributed by atoms with E-state index in [-0.39, 0.29) is 0 Å². The summed E-state index contributed by atoms with van der Waals surface area (Å²) >= 11 is 1.70. The van der Waals surface area contributed by atoms with Gasteiger partial charge >= 0.3 is 0 Å². The molecule has 3 rings (SSSR count). The van der Waals surface area contributed by atoms with Gasteiger partial charge in [-0.1, -0.05) is 6.42 Å². The average molecular weight is 237 g/mol. The van der Waals surface area contributed by atoms with Crippen LogP contribution in [0.15, 0.2) is 0 Å². The van der Waals surface area contributed by atoms with Crippen molar-refractivity contribution in [3.05, 3.63) is 10.6 Å². The van der Waals surface area contributed by atoms with Gasteiger partial charge in [-0.25, -0.2) is 4.98 Å². The quantitative estimate of drug-likeness (QED) is 0.813. The highest BCUT2D eigenvalue weighted by Gasteiger charge is 2.27. The number of thiazole rings is 1. The molecular formula is C12H19N3S. The summed E-state index contributed by atoms with van der Waals surface area (Å²) in [6, 6.07) is 0.757. The van der Waals surface area contributed by atoms with Gasteiger partial charge in [0.25, 0.3) is 0 Å². The van der Waals surface area contributed by atoms with Crippen molar-refractivity contribution in [3.8, 4) is 0 Å². The van der Waals surface area contributed by atoms with E-state index >= 15 is 0 Å². The topological polar surface area (TPSA) is 42.1 Å². The van der Waals surface area contributed by atoms with Crippen molar-refractivity contribution in [1.29, 1.82) is 0 Å². The summed E-state index contributed by atoms with van der Waals surface area (Å²) in [5.74, 6) is 0. The summed E-state index contributed by atoms with van der Waals surface area (Å²) < 4.78 is 0. The smallest absolute Gasteiger partial charge is 0.180 e. The second-order valence-corrected chi connectivity index (χ2v) is 6.03. The fourth-order valence-corrected chi connectivity index (χ4v) is 3.92. The molecule has 1 aromatic rings. The third-order valence-electron chi connectivity index (χ3n) is 3.84. The van der Waals surface area contributed by atoms with Gasteiger partial charge in [0.05, 0.1) is 5.69 Å². The van der Waals surface area contributed by atoms with Crippen molar-refractivity contribution in [2.24, 2.45) is 0 Å². The molecule has 1 saturated heterocycles. The maximum Gasteiger partial charge on any atom is 0.180 e. The lowest BCUT2D eigenvalue weighted by Gasteiger charge is -2.36. The molecule has 0 bridgehead atoms. The molecule has 1 atom stereocenters. The van der Waals surface area contributed by atoms with Crippen LogP contribution < -0.4 is 5.73 Å². The first-order valence-electron chi connectivity index (χ1n) is 6.31. The van der Waals surface area contributed by atoms with E-state index in [4.69, 9.17) is 5.73 Å². The van der Waals surface area contributed by atoms with Crippen LogP contribution in [-0.4, -0.2) is 29.0 Å². The molecule has 1 aromatic heterocycles. The monoisotopic (exact) mass is 237 g/mol. The van der Waals surface area contributed by atoms with Gasteiger partial charge in [-0.2, -0.15) is 0 Å². The fourth-order valence-electron chi connectivity index (χ4n) is 2.97. The SMILES string of the molecule is Nc1nc2c(s1)C[C@@H](N1CCCCC1)CC2. The minimum atomic E-state index is 0.754. The van der Waals surface area contributed by atoms with Crippen LogP contribution in [-0.2, 0) is 12.8 Å². The largest absolute Gasteiger partial charge is 0.375 e. The Kier molecular flexibility index (Phi) is 2.86. The van der Waals surface area contributed by atoms with Gasteiger partial charge in [-0.3, -0.25) is 0 Å². The van der Waals surface area contributed by atoms with Crippen LogP contribution in [0.5, 0.6) is 0 Å².